The molecular weight excluding hydrogens is 266 g/mol. The van der Waals surface area contributed by atoms with Gasteiger partial charge < -0.3 is 10.2 Å². The second-order valence-corrected chi connectivity index (χ2v) is 7.91. The van der Waals surface area contributed by atoms with E-state index in [1.54, 1.807) is 0 Å². The lowest BCUT2D eigenvalue weighted by atomic mass is 10.1. The lowest BCUT2D eigenvalue weighted by Crippen LogP contribution is -2.35. The van der Waals surface area contributed by atoms with E-state index >= 15 is 0 Å². The number of hydrogen-bond donors (Lipinski definition) is 1. The number of thiazole rings is 1. The van der Waals surface area contributed by atoms with E-state index in [1.165, 1.54) is 48.7 Å². The van der Waals surface area contributed by atoms with Gasteiger partial charge in [0.2, 0.25) is 0 Å². The first kappa shape index (κ1) is 15.8. The number of aromatic nitrogens is 1. The van der Waals surface area contributed by atoms with Gasteiger partial charge in [0, 0.05) is 35.7 Å². The molecule has 1 atom stereocenters. The van der Waals surface area contributed by atoms with Gasteiger partial charge >= 0.3 is 0 Å². The van der Waals surface area contributed by atoms with Crippen molar-refractivity contribution in [3.8, 4) is 0 Å². The molecule has 1 aliphatic rings. The van der Waals surface area contributed by atoms with Crippen molar-refractivity contribution in [2.45, 2.75) is 77.9 Å². The first-order valence-electron chi connectivity index (χ1n) is 7.96. The first-order valence-corrected chi connectivity index (χ1v) is 8.77. The van der Waals surface area contributed by atoms with Gasteiger partial charge in [-0.15, -0.1) is 11.3 Å². The first-order chi connectivity index (χ1) is 9.49. The van der Waals surface area contributed by atoms with Crippen LogP contribution in [0.4, 0.5) is 5.13 Å². The molecule has 1 N–H and O–H groups in total. The molecular formula is C16H29N3S. The topological polar surface area (TPSA) is 28.2 Å². The lowest BCUT2D eigenvalue weighted by molar-refractivity contribution is 0.426. The zero-order valence-electron chi connectivity index (χ0n) is 13.4. The summed E-state index contributed by atoms with van der Waals surface area (Å²) in [6.07, 6.45) is 8.67. The van der Waals surface area contributed by atoms with Gasteiger partial charge in [0.05, 0.1) is 0 Å². The minimum atomic E-state index is 0.165. The van der Waals surface area contributed by atoms with E-state index in [4.69, 9.17) is 0 Å². The maximum Gasteiger partial charge on any atom is 0.185 e. The molecule has 0 spiro atoms. The second kappa shape index (κ2) is 6.90. The zero-order chi connectivity index (χ0) is 14.6. The van der Waals surface area contributed by atoms with Crippen LogP contribution in [-0.2, 0) is 6.54 Å². The summed E-state index contributed by atoms with van der Waals surface area (Å²) < 4.78 is 0. The third-order valence-corrected chi connectivity index (χ3v) is 4.96. The van der Waals surface area contributed by atoms with Crippen LogP contribution >= 0.6 is 11.3 Å². The monoisotopic (exact) mass is 295 g/mol. The minimum absolute atomic E-state index is 0.165. The number of nitrogens with one attached hydrogen (secondary N) is 1. The number of nitrogens with zero attached hydrogens (tertiary/aromatic N) is 2. The van der Waals surface area contributed by atoms with Gasteiger partial charge in [-0.3, -0.25) is 0 Å². The number of rotatable bonds is 4. The van der Waals surface area contributed by atoms with Crippen molar-refractivity contribution in [2.75, 3.05) is 11.4 Å². The lowest BCUT2D eigenvalue weighted by Gasteiger charge is -2.28. The van der Waals surface area contributed by atoms with Crippen molar-refractivity contribution in [3.05, 3.63) is 11.1 Å². The van der Waals surface area contributed by atoms with Crippen molar-refractivity contribution in [1.82, 2.24) is 10.3 Å². The van der Waals surface area contributed by atoms with E-state index < -0.39 is 0 Å². The Kier molecular flexibility index (Phi) is 5.44. The van der Waals surface area contributed by atoms with Crippen molar-refractivity contribution in [3.63, 3.8) is 0 Å². The summed E-state index contributed by atoms with van der Waals surface area (Å²) in [5.74, 6) is 0. The van der Waals surface area contributed by atoms with E-state index in [2.05, 4.69) is 49.1 Å². The van der Waals surface area contributed by atoms with E-state index in [-0.39, 0.29) is 5.54 Å². The van der Waals surface area contributed by atoms with Crippen molar-refractivity contribution < 1.29 is 0 Å². The van der Waals surface area contributed by atoms with E-state index in [9.17, 15) is 0 Å². The van der Waals surface area contributed by atoms with E-state index in [1.807, 2.05) is 11.3 Å². The molecule has 1 fully saturated rings. The summed E-state index contributed by atoms with van der Waals surface area (Å²) in [6, 6.07) is 0.687. The van der Waals surface area contributed by atoms with Crippen LogP contribution in [0.2, 0.25) is 0 Å². The van der Waals surface area contributed by atoms with Crippen LogP contribution in [0.5, 0.6) is 0 Å². The Balaban J connectivity index is 2.02. The summed E-state index contributed by atoms with van der Waals surface area (Å²) >= 11 is 1.86. The summed E-state index contributed by atoms with van der Waals surface area (Å²) in [5.41, 5.74) is 0.165. The molecule has 2 heterocycles. The fourth-order valence-electron chi connectivity index (χ4n) is 2.72. The van der Waals surface area contributed by atoms with Crippen LogP contribution < -0.4 is 10.2 Å². The molecule has 1 unspecified atom stereocenters. The Morgan fingerprint density at radius 3 is 2.85 bits per heavy atom. The van der Waals surface area contributed by atoms with Gasteiger partial charge in [-0.05, 0) is 40.0 Å². The summed E-state index contributed by atoms with van der Waals surface area (Å²) in [5, 5.41) is 4.77. The summed E-state index contributed by atoms with van der Waals surface area (Å²) in [4.78, 5) is 8.58. The molecule has 1 saturated heterocycles. The van der Waals surface area contributed by atoms with E-state index in [0.717, 1.165) is 6.54 Å². The fourth-order valence-corrected chi connectivity index (χ4v) is 3.66. The maximum atomic E-state index is 4.68. The third-order valence-electron chi connectivity index (χ3n) is 3.93. The highest BCUT2D eigenvalue weighted by molar-refractivity contribution is 7.15. The van der Waals surface area contributed by atoms with Crippen molar-refractivity contribution >= 4 is 16.5 Å². The van der Waals surface area contributed by atoms with Gasteiger partial charge in [0.15, 0.2) is 5.13 Å². The molecule has 4 heteroatoms. The average molecular weight is 295 g/mol. The van der Waals surface area contributed by atoms with Crippen LogP contribution in [0, 0.1) is 0 Å². The molecule has 1 aromatic heterocycles. The van der Waals surface area contributed by atoms with Gasteiger partial charge in [0.1, 0.15) is 0 Å². The summed E-state index contributed by atoms with van der Waals surface area (Å²) in [6.45, 7) is 11.0. The molecule has 114 valence electrons. The van der Waals surface area contributed by atoms with Crippen LogP contribution in [0.3, 0.4) is 0 Å². The fraction of sp³-hybridized carbons (Fsp3) is 0.812. The SMILES string of the molecule is CCC1CCCCCN1c1ncc(CNC(C)(C)C)s1. The van der Waals surface area contributed by atoms with Crippen LogP contribution in [0.1, 0.15) is 64.7 Å². The Morgan fingerprint density at radius 2 is 2.15 bits per heavy atom. The summed E-state index contributed by atoms with van der Waals surface area (Å²) in [7, 11) is 0. The van der Waals surface area contributed by atoms with Gasteiger partial charge in [-0.1, -0.05) is 19.8 Å². The normalized spacial score (nSPS) is 21.0. The molecule has 20 heavy (non-hydrogen) atoms. The number of hydrogen-bond acceptors (Lipinski definition) is 4. The molecule has 0 bridgehead atoms. The standard InChI is InChI=1S/C16H29N3S/c1-5-13-9-7-6-8-10-19(13)15-17-11-14(20-15)12-18-16(2,3)4/h11,13,18H,5-10,12H2,1-4H3. The number of anilines is 1. The molecule has 1 aliphatic heterocycles. The van der Waals surface area contributed by atoms with E-state index in [0.29, 0.717) is 6.04 Å². The molecule has 0 amide bonds. The predicted molar refractivity (Wildman–Crippen MR) is 88.6 cm³/mol. The highest BCUT2D eigenvalue weighted by Crippen LogP contribution is 2.29. The molecule has 0 aliphatic carbocycles. The zero-order valence-corrected chi connectivity index (χ0v) is 14.2. The minimum Gasteiger partial charge on any atom is -0.345 e. The average Bonchev–Trinajstić information content (AvgIpc) is 2.72. The molecule has 0 saturated carbocycles. The Labute approximate surface area is 127 Å². The van der Waals surface area contributed by atoms with Crippen LogP contribution in [0.15, 0.2) is 6.20 Å². The molecule has 3 nitrogen and oxygen atoms in total. The second-order valence-electron chi connectivity index (χ2n) is 6.82. The molecule has 1 aromatic rings. The van der Waals surface area contributed by atoms with Crippen molar-refractivity contribution in [1.29, 1.82) is 0 Å². The Bertz CT molecular complexity index is 408. The van der Waals surface area contributed by atoms with Crippen LogP contribution in [0.25, 0.3) is 0 Å². The van der Waals surface area contributed by atoms with Crippen molar-refractivity contribution in [2.24, 2.45) is 0 Å². The molecule has 2 rings (SSSR count). The quantitative estimate of drug-likeness (QED) is 0.902. The Hall–Kier alpha value is -0.610. The predicted octanol–water partition coefficient (Wildman–Crippen LogP) is 4.19. The van der Waals surface area contributed by atoms with Gasteiger partial charge in [0.25, 0.3) is 0 Å². The molecule has 0 radical (unpaired) electrons. The highest BCUT2D eigenvalue weighted by atomic mass is 32.1. The highest BCUT2D eigenvalue weighted by Gasteiger charge is 2.22. The van der Waals surface area contributed by atoms with Crippen LogP contribution in [-0.4, -0.2) is 23.1 Å². The Morgan fingerprint density at radius 1 is 1.35 bits per heavy atom. The van der Waals surface area contributed by atoms with Gasteiger partial charge in [-0.25, -0.2) is 4.98 Å². The maximum absolute atomic E-state index is 4.68. The molecule has 0 aromatic carbocycles. The smallest absolute Gasteiger partial charge is 0.185 e. The largest absolute Gasteiger partial charge is 0.345 e. The third kappa shape index (κ3) is 4.45. The van der Waals surface area contributed by atoms with Gasteiger partial charge in [-0.2, -0.15) is 0 Å².